The van der Waals surface area contributed by atoms with Crippen LogP contribution < -0.4 is 5.46 Å². The Balaban J connectivity index is 1.67. The van der Waals surface area contributed by atoms with Gasteiger partial charge in [-0.3, -0.25) is 4.79 Å². The molecule has 0 saturated carbocycles. The van der Waals surface area contributed by atoms with Gasteiger partial charge in [0.2, 0.25) is 0 Å². The van der Waals surface area contributed by atoms with Crippen molar-refractivity contribution in [1.82, 2.24) is 9.80 Å². The van der Waals surface area contributed by atoms with Gasteiger partial charge in [0.1, 0.15) is 5.60 Å². The standard InChI is InChI=1S/C23H35BN2O5/c1-21(2,3)29-20(28)26-13-9-12-25(14-15-26)19(27)17-10-8-11-18(16-17)24-30-22(4,5)23(6,7)31-24/h8,10-11,16H,9,12-15H2,1-7H3. The summed E-state index contributed by atoms with van der Waals surface area (Å²) in [4.78, 5) is 29.1. The van der Waals surface area contributed by atoms with Crippen LogP contribution in [0.1, 0.15) is 65.2 Å². The van der Waals surface area contributed by atoms with E-state index in [1.807, 2.05) is 72.7 Å². The van der Waals surface area contributed by atoms with E-state index in [2.05, 4.69) is 0 Å². The van der Waals surface area contributed by atoms with Crippen molar-refractivity contribution in [2.24, 2.45) is 0 Å². The smallest absolute Gasteiger partial charge is 0.444 e. The second kappa shape index (κ2) is 8.47. The molecule has 170 valence electrons. The van der Waals surface area contributed by atoms with Gasteiger partial charge in [-0.15, -0.1) is 0 Å². The van der Waals surface area contributed by atoms with Crippen LogP contribution in [0, 0.1) is 0 Å². The average Bonchev–Trinajstić information content (AvgIpc) is 2.82. The van der Waals surface area contributed by atoms with Crippen LogP contribution in [0.25, 0.3) is 0 Å². The maximum absolute atomic E-state index is 13.2. The maximum Gasteiger partial charge on any atom is 0.494 e. The molecule has 0 aromatic heterocycles. The lowest BCUT2D eigenvalue weighted by Crippen LogP contribution is -2.41. The van der Waals surface area contributed by atoms with Gasteiger partial charge in [0, 0.05) is 31.7 Å². The minimum absolute atomic E-state index is 0.0515. The Hall–Kier alpha value is -2.06. The molecule has 0 bridgehead atoms. The zero-order valence-corrected chi connectivity index (χ0v) is 19.9. The fraction of sp³-hybridized carbons (Fsp3) is 0.652. The van der Waals surface area contributed by atoms with Gasteiger partial charge in [-0.05, 0) is 72.5 Å². The lowest BCUT2D eigenvalue weighted by molar-refractivity contribution is 0.00578. The van der Waals surface area contributed by atoms with E-state index in [4.69, 9.17) is 14.0 Å². The maximum atomic E-state index is 13.2. The van der Waals surface area contributed by atoms with Crippen molar-refractivity contribution in [3.8, 4) is 0 Å². The number of ether oxygens (including phenoxy) is 1. The molecular formula is C23H35BN2O5. The third kappa shape index (κ3) is 5.41. The number of rotatable bonds is 2. The van der Waals surface area contributed by atoms with Crippen molar-refractivity contribution >= 4 is 24.6 Å². The van der Waals surface area contributed by atoms with Gasteiger partial charge >= 0.3 is 13.2 Å². The second-order valence-corrected chi connectivity index (χ2v) is 10.3. The molecule has 2 heterocycles. The molecule has 1 aromatic rings. The highest BCUT2D eigenvalue weighted by molar-refractivity contribution is 6.62. The molecule has 2 aliphatic heterocycles. The van der Waals surface area contributed by atoms with E-state index in [-0.39, 0.29) is 12.0 Å². The number of hydrogen-bond acceptors (Lipinski definition) is 5. The Bertz CT molecular complexity index is 818. The van der Waals surface area contributed by atoms with E-state index in [1.165, 1.54) is 0 Å². The highest BCUT2D eigenvalue weighted by Crippen LogP contribution is 2.36. The molecule has 0 atom stereocenters. The zero-order valence-electron chi connectivity index (χ0n) is 19.9. The van der Waals surface area contributed by atoms with Crippen molar-refractivity contribution in [2.45, 2.75) is 71.7 Å². The van der Waals surface area contributed by atoms with Crippen LogP contribution in [0.15, 0.2) is 24.3 Å². The summed E-state index contributed by atoms with van der Waals surface area (Å²) in [6.45, 7) is 15.7. The van der Waals surface area contributed by atoms with Gasteiger partial charge in [-0.1, -0.05) is 12.1 Å². The van der Waals surface area contributed by atoms with Crippen LogP contribution >= 0.6 is 0 Å². The van der Waals surface area contributed by atoms with Gasteiger partial charge in [-0.2, -0.15) is 0 Å². The molecule has 0 radical (unpaired) electrons. The summed E-state index contributed by atoms with van der Waals surface area (Å²) >= 11 is 0. The minimum atomic E-state index is -0.535. The van der Waals surface area contributed by atoms with Crippen molar-refractivity contribution in [3.63, 3.8) is 0 Å². The minimum Gasteiger partial charge on any atom is -0.444 e. The third-order valence-electron chi connectivity index (χ3n) is 6.09. The average molecular weight is 430 g/mol. The van der Waals surface area contributed by atoms with Crippen LogP contribution in [0.4, 0.5) is 4.79 Å². The number of carbonyl (C=O) groups excluding carboxylic acids is 2. The van der Waals surface area contributed by atoms with Gasteiger partial charge in [0.15, 0.2) is 0 Å². The van der Waals surface area contributed by atoms with Crippen LogP contribution in [0.3, 0.4) is 0 Å². The van der Waals surface area contributed by atoms with E-state index in [9.17, 15) is 9.59 Å². The molecule has 2 aliphatic rings. The Morgan fingerprint density at radius 3 is 2.16 bits per heavy atom. The summed E-state index contributed by atoms with van der Waals surface area (Å²) in [5.74, 6) is -0.0515. The zero-order chi connectivity index (χ0) is 23.0. The normalized spacial score (nSPS) is 21.1. The Morgan fingerprint density at radius 1 is 0.968 bits per heavy atom. The molecule has 2 fully saturated rings. The first-order chi connectivity index (χ1) is 14.3. The molecule has 0 unspecified atom stereocenters. The highest BCUT2D eigenvalue weighted by atomic mass is 16.7. The van der Waals surface area contributed by atoms with Gasteiger partial charge in [0.25, 0.3) is 5.91 Å². The van der Waals surface area contributed by atoms with Crippen LogP contribution in [-0.2, 0) is 14.0 Å². The summed E-state index contributed by atoms with van der Waals surface area (Å²) in [6, 6.07) is 7.44. The summed E-state index contributed by atoms with van der Waals surface area (Å²) in [7, 11) is -0.510. The van der Waals surface area contributed by atoms with E-state index >= 15 is 0 Å². The first-order valence-electron chi connectivity index (χ1n) is 11.0. The van der Waals surface area contributed by atoms with E-state index < -0.39 is 23.9 Å². The number of nitrogens with zero attached hydrogens (tertiary/aromatic N) is 2. The van der Waals surface area contributed by atoms with Gasteiger partial charge in [-0.25, -0.2) is 4.79 Å². The first kappa shape index (κ1) is 23.6. The molecule has 1 aromatic carbocycles. The predicted molar refractivity (Wildman–Crippen MR) is 120 cm³/mol. The van der Waals surface area contributed by atoms with Crippen LogP contribution in [-0.4, -0.2) is 71.9 Å². The number of benzene rings is 1. The quantitative estimate of drug-likeness (QED) is 0.675. The summed E-state index contributed by atoms with van der Waals surface area (Å²) in [6.07, 6.45) is 0.381. The Kier molecular flexibility index (Phi) is 6.45. The fourth-order valence-corrected chi connectivity index (χ4v) is 3.61. The molecular weight excluding hydrogens is 395 g/mol. The predicted octanol–water partition coefficient (Wildman–Crippen LogP) is 3.07. The molecule has 3 rings (SSSR count). The molecule has 2 saturated heterocycles. The molecule has 2 amide bonds. The Labute approximate surface area is 186 Å². The molecule has 8 heteroatoms. The fourth-order valence-electron chi connectivity index (χ4n) is 3.61. The van der Waals surface area contributed by atoms with E-state index in [0.717, 1.165) is 5.46 Å². The molecule has 0 spiro atoms. The third-order valence-corrected chi connectivity index (χ3v) is 6.09. The SMILES string of the molecule is CC(C)(C)OC(=O)N1CCCN(C(=O)c2cccc(B3OC(C)(C)C(C)(C)O3)c2)CC1. The highest BCUT2D eigenvalue weighted by Gasteiger charge is 2.51. The van der Waals surface area contributed by atoms with Crippen LogP contribution in [0.2, 0.25) is 0 Å². The Morgan fingerprint density at radius 2 is 1.55 bits per heavy atom. The number of amides is 2. The van der Waals surface area contributed by atoms with Crippen molar-refractivity contribution in [3.05, 3.63) is 29.8 Å². The molecule has 7 nitrogen and oxygen atoms in total. The number of carbonyl (C=O) groups is 2. The van der Waals surface area contributed by atoms with Gasteiger partial charge in [0.05, 0.1) is 11.2 Å². The molecule has 0 aliphatic carbocycles. The lowest BCUT2D eigenvalue weighted by Gasteiger charge is -2.32. The topological polar surface area (TPSA) is 68.3 Å². The van der Waals surface area contributed by atoms with Crippen LogP contribution in [0.5, 0.6) is 0 Å². The second-order valence-electron chi connectivity index (χ2n) is 10.3. The summed E-state index contributed by atoms with van der Waals surface area (Å²) in [5, 5.41) is 0. The number of hydrogen-bond donors (Lipinski definition) is 0. The largest absolute Gasteiger partial charge is 0.494 e. The van der Waals surface area contributed by atoms with Crippen molar-refractivity contribution in [2.75, 3.05) is 26.2 Å². The molecule has 0 N–H and O–H groups in total. The van der Waals surface area contributed by atoms with E-state index in [1.54, 1.807) is 9.80 Å². The lowest BCUT2D eigenvalue weighted by atomic mass is 9.78. The van der Waals surface area contributed by atoms with E-state index in [0.29, 0.717) is 38.2 Å². The van der Waals surface area contributed by atoms with Crippen molar-refractivity contribution < 1.29 is 23.6 Å². The van der Waals surface area contributed by atoms with Gasteiger partial charge < -0.3 is 23.8 Å². The monoisotopic (exact) mass is 430 g/mol. The molecule has 31 heavy (non-hydrogen) atoms. The summed E-state index contributed by atoms with van der Waals surface area (Å²) in [5.41, 5.74) is 0.0150. The summed E-state index contributed by atoms with van der Waals surface area (Å²) < 4.78 is 17.7. The van der Waals surface area contributed by atoms with Crippen molar-refractivity contribution in [1.29, 1.82) is 0 Å². The first-order valence-corrected chi connectivity index (χ1v) is 11.0.